The van der Waals surface area contributed by atoms with E-state index in [0.717, 1.165) is 23.5 Å². The number of ether oxygens (including phenoxy) is 6. The zero-order valence-corrected chi connectivity index (χ0v) is 52.4. The minimum Gasteiger partial charge on any atom is -0.458 e. The lowest BCUT2D eigenvalue weighted by Gasteiger charge is -2.40. The number of aromatic nitrogens is 2. The molecule has 14 rings (SSSR count). The van der Waals surface area contributed by atoms with Gasteiger partial charge in [-0.05, 0) is 69.8 Å². The smallest absolute Gasteiger partial charge is 0.369 e. The van der Waals surface area contributed by atoms with Crippen molar-refractivity contribution in [3.8, 4) is 24.3 Å². The molecular weight excluding hydrogens is 1320 g/mol. The van der Waals surface area contributed by atoms with Crippen LogP contribution in [0.25, 0.3) is 22.3 Å². The van der Waals surface area contributed by atoms with E-state index < -0.39 is 128 Å². The molecule has 0 saturated heterocycles. The fourth-order valence-electron chi connectivity index (χ4n) is 12.1. The van der Waals surface area contributed by atoms with Gasteiger partial charge in [-0.2, -0.15) is 21.0 Å². The summed E-state index contributed by atoms with van der Waals surface area (Å²) in [5.74, 6) is -13.6. The average Bonchev–Trinajstić information content (AvgIpc) is 1.70. The van der Waals surface area contributed by atoms with Gasteiger partial charge < -0.3 is 28.4 Å². The van der Waals surface area contributed by atoms with Crippen LogP contribution < -0.4 is 0 Å². The molecule has 0 saturated carbocycles. The number of halogens is 4. The monoisotopic (exact) mass is 1360 g/mol. The molecule has 8 aromatic rings. The highest BCUT2D eigenvalue weighted by molar-refractivity contribution is 7.17. The number of Topliss-reactive ketones (excluding diaryl/α,β-unsaturated/α-hetero) is 1. The predicted molar refractivity (Wildman–Crippen MR) is 345 cm³/mol. The molecule has 4 aliphatic carbocycles. The van der Waals surface area contributed by atoms with Gasteiger partial charge in [-0.25, -0.2) is 56.7 Å². The number of ketones is 1. The molecule has 6 aliphatic rings. The van der Waals surface area contributed by atoms with Crippen molar-refractivity contribution in [1.82, 2.24) is 9.97 Å². The van der Waals surface area contributed by atoms with Gasteiger partial charge in [0.2, 0.25) is 16.0 Å². The van der Waals surface area contributed by atoms with E-state index >= 15 is 23.6 Å². The van der Waals surface area contributed by atoms with Gasteiger partial charge in [0.05, 0.1) is 15.5 Å². The quantitative estimate of drug-likeness (QED) is 0.0321. The summed E-state index contributed by atoms with van der Waals surface area (Å²) in [6.45, 7) is -1.60. The summed E-state index contributed by atoms with van der Waals surface area (Å²) in [6, 6.07) is 43.9. The van der Waals surface area contributed by atoms with E-state index in [-0.39, 0.29) is 90.9 Å². The number of hydrogen-bond acceptors (Lipinski definition) is 21. The Bertz CT molecular complexity index is 5160. The largest absolute Gasteiger partial charge is 0.458 e. The number of hydrogen-bond donors (Lipinski definition) is 0. The summed E-state index contributed by atoms with van der Waals surface area (Å²) in [4.78, 5) is 94.8. The average molecular weight is 1360 g/mol. The molecule has 4 heterocycles. The lowest BCUT2D eigenvalue weighted by Crippen LogP contribution is -2.51. The van der Waals surface area contributed by atoms with Crippen molar-refractivity contribution in [3.05, 3.63) is 281 Å². The molecule has 2 unspecified atom stereocenters. The molecule has 99 heavy (non-hydrogen) atoms. The van der Waals surface area contributed by atoms with Crippen LogP contribution in [-0.4, -0.2) is 51.1 Å². The SMILES string of the molecule is N#CC(C#N)=C1/C(=N/c2nc3c(s2)C2=CC4C=C5OC(C(=O)OCc6ccccc6)(C(=O)OCc6ccccc6)c6nc(/N=C7\C(=O)c8cc(F)c(F)cc8C7=C(C#N)C#N)sc6C5=CC4C=C2OC3(C(=O)OCc2ccccc2)C(=O)OCc2ccccc2)Cc2cc(F)c(F)cc21. The minimum atomic E-state index is -2.97. The van der Waals surface area contributed by atoms with Crippen LogP contribution in [0.2, 0.25) is 0 Å². The van der Waals surface area contributed by atoms with E-state index in [2.05, 4.69) is 4.99 Å². The molecule has 25 heteroatoms. The summed E-state index contributed by atoms with van der Waals surface area (Å²) in [5.41, 5.74) is -7.39. The second-order valence-corrected chi connectivity index (χ2v) is 24.7. The third-order valence-electron chi connectivity index (χ3n) is 16.8. The number of nitriles is 4. The van der Waals surface area contributed by atoms with Crippen LogP contribution in [0.3, 0.4) is 0 Å². The Balaban J connectivity index is 0.954. The third-order valence-corrected chi connectivity index (χ3v) is 18.7. The zero-order chi connectivity index (χ0) is 68.9. The Morgan fingerprint density at radius 1 is 0.495 bits per heavy atom. The van der Waals surface area contributed by atoms with Crippen molar-refractivity contribution in [1.29, 1.82) is 21.0 Å². The van der Waals surface area contributed by atoms with Gasteiger partial charge in [0.1, 0.15) is 90.5 Å². The highest BCUT2D eigenvalue weighted by atomic mass is 32.1. The van der Waals surface area contributed by atoms with E-state index in [4.69, 9.17) is 43.4 Å². The topological polar surface area (TPSA) is 286 Å². The van der Waals surface area contributed by atoms with E-state index in [1.807, 2.05) is 12.1 Å². The fourth-order valence-corrected chi connectivity index (χ4v) is 14.2. The fraction of sp³-hybridized carbons (Fsp3) is 0.122. The minimum absolute atomic E-state index is 0.0107. The summed E-state index contributed by atoms with van der Waals surface area (Å²) < 4.78 is 97.3. The number of carbonyl (C=O) groups is 5. The molecule has 0 fully saturated rings. The molecular formula is C74H40F4N8O11S2. The number of rotatable bonds is 14. The van der Waals surface area contributed by atoms with Crippen LogP contribution in [0.1, 0.15) is 70.4 Å². The van der Waals surface area contributed by atoms with Crippen LogP contribution in [0, 0.1) is 80.4 Å². The summed E-state index contributed by atoms with van der Waals surface area (Å²) in [5, 5.41) is 40.1. The second kappa shape index (κ2) is 25.7. The molecule has 0 spiro atoms. The molecule has 0 N–H and O–H groups in total. The first kappa shape index (κ1) is 63.6. The maximum absolute atomic E-state index is 15.4. The van der Waals surface area contributed by atoms with Crippen LogP contribution in [-0.2, 0) is 91.6 Å². The van der Waals surface area contributed by atoms with Gasteiger partial charge in [-0.1, -0.05) is 156 Å². The molecule has 0 bridgehead atoms. The molecule has 0 radical (unpaired) electrons. The predicted octanol–water partition coefficient (Wildman–Crippen LogP) is 13.0. The van der Waals surface area contributed by atoms with Crippen LogP contribution in [0.4, 0.5) is 27.8 Å². The number of carbonyl (C=O) groups excluding carboxylic acids is 5. The van der Waals surface area contributed by atoms with Gasteiger partial charge in [-0.15, -0.1) is 0 Å². The van der Waals surface area contributed by atoms with Gasteiger partial charge in [-0.3, -0.25) is 4.79 Å². The lowest BCUT2D eigenvalue weighted by molar-refractivity contribution is -0.191. The van der Waals surface area contributed by atoms with Crippen molar-refractivity contribution < 1.29 is 70.0 Å². The van der Waals surface area contributed by atoms with Crippen molar-refractivity contribution in [3.63, 3.8) is 0 Å². The standard InChI is InChI=1S/C74H40F4N8O11S2/c75-52-23-44-24-56(59(45(30-79)31-80)47(44)27-53(52)76)83-71-85-65-63(98-71)50-21-42-26-58-51(22-43(42)25-57(50)96-73(65,67(88)92-34-38-13-5-1-6-14-38)68(89)93-35-39-15-7-2-8-16-39)64-66(86-72(99-64)84-61-60(46(32-81)33-82)48-28-54(77)55(78)29-49(48)62(61)87)74(97-58,69(90)94-36-40-17-9-3-10-18-40)70(91)95-37-41-19-11-4-12-20-41/h1-23,25-29,42-43H,24,34-37H2/b83-56+,84-61-. The van der Waals surface area contributed by atoms with Crippen LogP contribution in [0.15, 0.2) is 203 Å². The number of thiazole rings is 2. The van der Waals surface area contributed by atoms with E-state index in [1.165, 1.54) is 0 Å². The van der Waals surface area contributed by atoms with E-state index in [1.54, 1.807) is 158 Å². The lowest BCUT2D eigenvalue weighted by atomic mass is 9.76. The molecule has 2 atom stereocenters. The number of fused-ring (bicyclic) bond motifs is 9. The normalized spacial score (nSPS) is 17.5. The Labute approximate surface area is 566 Å². The molecule has 2 aliphatic heterocycles. The Hall–Kier alpha value is -12.8. The highest BCUT2D eigenvalue weighted by Gasteiger charge is 2.63. The maximum atomic E-state index is 15.4. The molecule has 0 amide bonds. The highest BCUT2D eigenvalue weighted by Crippen LogP contribution is 2.57. The summed E-state index contributed by atoms with van der Waals surface area (Å²) >= 11 is 1.52. The molecule has 2 aromatic heterocycles. The third kappa shape index (κ3) is 11.2. The molecule has 19 nitrogen and oxygen atoms in total. The summed E-state index contributed by atoms with van der Waals surface area (Å²) in [6.07, 6.45) is 6.22. The zero-order valence-electron chi connectivity index (χ0n) is 50.8. The number of aliphatic imine (C=N–C) groups is 2. The van der Waals surface area contributed by atoms with E-state index in [0.29, 0.717) is 45.7 Å². The number of benzene rings is 6. The van der Waals surface area contributed by atoms with E-state index in [9.17, 15) is 39.0 Å². The van der Waals surface area contributed by atoms with Gasteiger partial charge in [0.15, 0.2) is 23.3 Å². The molecule has 482 valence electrons. The summed E-state index contributed by atoms with van der Waals surface area (Å²) in [7, 11) is 0. The number of esters is 4. The Morgan fingerprint density at radius 2 is 0.859 bits per heavy atom. The van der Waals surface area contributed by atoms with Gasteiger partial charge >= 0.3 is 35.1 Å². The van der Waals surface area contributed by atoms with Crippen molar-refractivity contribution in [2.24, 2.45) is 21.8 Å². The van der Waals surface area contributed by atoms with Crippen molar-refractivity contribution >= 4 is 96.3 Å². The number of nitrogens with zero attached hydrogens (tertiary/aromatic N) is 8. The first-order valence-corrected chi connectivity index (χ1v) is 31.6. The van der Waals surface area contributed by atoms with Crippen LogP contribution in [0.5, 0.6) is 0 Å². The van der Waals surface area contributed by atoms with Gasteiger partial charge in [0.25, 0.3) is 0 Å². The molecule has 6 aromatic carbocycles. The van der Waals surface area contributed by atoms with Crippen molar-refractivity contribution in [2.45, 2.75) is 44.1 Å². The second-order valence-electron chi connectivity index (χ2n) is 22.7. The first-order chi connectivity index (χ1) is 48.0. The van der Waals surface area contributed by atoms with Gasteiger partial charge in [0, 0.05) is 51.7 Å². The van der Waals surface area contributed by atoms with Crippen LogP contribution >= 0.6 is 22.7 Å². The maximum Gasteiger partial charge on any atom is 0.369 e. The first-order valence-electron chi connectivity index (χ1n) is 30.0. The number of allylic oxidation sites excluding steroid dienone is 10. The van der Waals surface area contributed by atoms with Crippen molar-refractivity contribution in [2.75, 3.05) is 0 Å². The Morgan fingerprint density at radius 3 is 1.26 bits per heavy atom. The Kier molecular flexibility index (Phi) is 16.5.